The summed E-state index contributed by atoms with van der Waals surface area (Å²) in [5.74, 6) is -1.32. The minimum Gasteiger partial charge on any atom is -0.481 e. The molecule has 0 aromatic heterocycles. The summed E-state index contributed by atoms with van der Waals surface area (Å²) in [6.45, 7) is 2.54. The minimum absolute atomic E-state index is 0.0964. The van der Waals surface area contributed by atoms with Crippen molar-refractivity contribution < 1.29 is 23.1 Å². The van der Waals surface area contributed by atoms with Gasteiger partial charge in [0, 0.05) is 6.54 Å². The molecule has 1 N–H and O–H groups in total. The second-order valence-corrected chi connectivity index (χ2v) is 7.35. The summed E-state index contributed by atoms with van der Waals surface area (Å²) in [6.07, 6.45) is 2.60. The average Bonchev–Trinajstić information content (AvgIpc) is 2.98. The Morgan fingerprint density at radius 3 is 2.58 bits per heavy atom. The van der Waals surface area contributed by atoms with Crippen LogP contribution in [0.25, 0.3) is 0 Å². The van der Waals surface area contributed by atoms with Crippen molar-refractivity contribution in [3.05, 3.63) is 0 Å². The smallest absolute Gasteiger partial charge is 0.310 e. The van der Waals surface area contributed by atoms with Crippen LogP contribution in [-0.4, -0.2) is 55.4 Å². The predicted molar refractivity (Wildman–Crippen MR) is 69.2 cm³/mol. The van der Waals surface area contributed by atoms with Gasteiger partial charge in [-0.3, -0.25) is 4.79 Å². The van der Waals surface area contributed by atoms with Crippen LogP contribution >= 0.6 is 0 Å². The van der Waals surface area contributed by atoms with Gasteiger partial charge in [0.15, 0.2) is 0 Å². The van der Waals surface area contributed by atoms with Gasteiger partial charge >= 0.3 is 5.97 Å². The molecule has 19 heavy (non-hydrogen) atoms. The zero-order valence-corrected chi connectivity index (χ0v) is 11.9. The molecular formula is C12H21NO5S. The Morgan fingerprint density at radius 2 is 2.05 bits per heavy atom. The van der Waals surface area contributed by atoms with E-state index in [0.717, 1.165) is 12.8 Å². The number of carbonyl (C=O) groups is 1. The number of ether oxygens (including phenoxy) is 1. The lowest BCUT2D eigenvalue weighted by Gasteiger charge is -2.29. The van der Waals surface area contributed by atoms with Crippen LogP contribution in [-0.2, 0) is 19.6 Å². The normalized spacial score (nSPS) is 27.9. The van der Waals surface area contributed by atoms with E-state index in [1.54, 1.807) is 0 Å². The molecule has 2 unspecified atom stereocenters. The predicted octanol–water partition coefficient (Wildman–Crippen LogP) is 0.538. The topological polar surface area (TPSA) is 83.9 Å². The van der Waals surface area contributed by atoms with Gasteiger partial charge in [0.05, 0.1) is 30.9 Å². The van der Waals surface area contributed by atoms with Crippen molar-refractivity contribution in [1.29, 1.82) is 0 Å². The summed E-state index contributed by atoms with van der Waals surface area (Å²) in [7, 11) is -3.38. The van der Waals surface area contributed by atoms with Crippen molar-refractivity contribution in [2.24, 2.45) is 11.8 Å². The zero-order chi connectivity index (χ0) is 14.0. The van der Waals surface area contributed by atoms with Gasteiger partial charge in [0.25, 0.3) is 0 Å². The van der Waals surface area contributed by atoms with E-state index in [1.165, 1.54) is 4.31 Å². The molecule has 110 valence electrons. The largest absolute Gasteiger partial charge is 0.481 e. The summed E-state index contributed by atoms with van der Waals surface area (Å²) in [6, 6.07) is -0.554. The second kappa shape index (κ2) is 5.76. The molecule has 0 amide bonds. The van der Waals surface area contributed by atoms with Crippen LogP contribution in [0.3, 0.4) is 0 Å². The SMILES string of the molecule is CCCN(C1COCC1C(=O)O)S(=O)(=O)CC1CC1. The molecule has 2 aliphatic rings. The highest BCUT2D eigenvalue weighted by Crippen LogP contribution is 2.33. The Hall–Kier alpha value is -0.660. The molecule has 2 fully saturated rings. The Balaban J connectivity index is 2.16. The van der Waals surface area contributed by atoms with Crippen LogP contribution in [0.15, 0.2) is 0 Å². The first kappa shape index (κ1) is 14.7. The van der Waals surface area contributed by atoms with Crippen molar-refractivity contribution >= 4 is 16.0 Å². The highest BCUT2D eigenvalue weighted by molar-refractivity contribution is 7.89. The van der Waals surface area contributed by atoms with E-state index in [0.29, 0.717) is 13.0 Å². The van der Waals surface area contributed by atoms with Crippen molar-refractivity contribution in [2.75, 3.05) is 25.5 Å². The average molecular weight is 291 g/mol. The third-order valence-corrected chi connectivity index (χ3v) is 5.74. The van der Waals surface area contributed by atoms with E-state index in [9.17, 15) is 13.2 Å². The van der Waals surface area contributed by atoms with Gasteiger partial charge in [0.1, 0.15) is 0 Å². The third kappa shape index (κ3) is 3.46. The molecule has 0 aromatic carbocycles. The zero-order valence-electron chi connectivity index (χ0n) is 11.1. The molecule has 2 atom stereocenters. The molecule has 1 aliphatic heterocycles. The molecule has 1 heterocycles. The summed E-state index contributed by atoms with van der Waals surface area (Å²) in [5.41, 5.74) is 0. The number of carboxylic acids is 1. The fraction of sp³-hybridized carbons (Fsp3) is 0.917. The number of sulfonamides is 1. The number of carboxylic acid groups (broad SMARTS) is 1. The van der Waals surface area contributed by atoms with Gasteiger partial charge in [-0.25, -0.2) is 8.42 Å². The van der Waals surface area contributed by atoms with Crippen LogP contribution < -0.4 is 0 Å². The van der Waals surface area contributed by atoms with Crippen molar-refractivity contribution in [2.45, 2.75) is 32.2 Å². The van der Waals surface area contributed by atoms with Gasteiger partial charge in [-0.05, 0) is 25.2 Å². The lowest BCUT2D eigenvalue weighted by atomic mass is 10.0. The first-order valence-electron chi connectivity index (χ1n) is 6.75. The number of hydrogen-bond acceptors (Lipinski definition) is 4. The van der Waals surface area contributed by atoms with Crippen molar-refractivity contribution in [3.63, 3.8) is 0 Å². The van der Waals surface area contributed by atoms with Gasteiger partial charge < -0.3 is 9.84 Å². The third-order valence-electron chi connectivity index (χ3n) is 3.68. The maximum atomic E-state index is 12.4. The fourth-order valence-corrected chi connectivity index (χ4v) is 4.67. The molecule has 0 radical (unpaired) electrons. The molecule has 0 spiro atoms. The Kier molecular flexibility index (Phi) is 4.47. The van der Waals surface area contributed by atoms with E-state index in [-0.39, 0.29) is 24.9 Å². The minimum atomic E-state index is -3.38. The van der Waals surface area contributed by atoms with Crippen molar-refractivity contribution in [3.8, 4) is 0 Å². The van der Waals surface area contributed by atoms with E-state index < -0.39 is 28.0 Å². The van der Waals surface area contributed by atoms with Crippen molar-refractivity contribution in [1.82, 2.24) is 4.31 Å². The van der Waals surface area contributed by atoms with Crippen LogP contribution in [0.4, 0.5) is 0 Å². The molecular weight excluding hydrogens is 270 g/mol. The molecule has 7 heteroatoms. The van der Waals surface area contributed by atoms with E-state index >= 15 is 0 Å². The molecule has 1 saturated heterocycles. The number of aliphatic carboxylic acids is 1. The van der Waals surface area contributed by atoms with Gasteiger partial charge in [-0.15, -0.1) is 0 Å². The summed E-state index contributed by atoms with van der Waals surface area (Å²) in [4.78, 5) is 11.2. The maximum Gasteiger partial charge on any atom is 0.310 e. The number of hydrogen-bond donors (Lipinski definition) is 1. The Labute approximate surface area is 113 Å². The van der Waals surface area contributed by atoms with Crippen LogP contribution in [0, 0.1) is 11.8 Å². The molecule has 2 rings (SSSR count). The van der Waals surface area contributed by atoms with Gasteiger partial charge in [-0.2, -0.15) is 4.31 Å². The second-order valence-electron chi connectivity index (χ2n) is 5.38. The van der Waals surface area contributed by atoms with Crippen LogP contribution in [0.2, 0.25) is 0 Å². The maximum absolute atomic E-state index is 12.4. The Morgan fingerprint density at radius 1 is 1.37 bits per heavy atom. The molecule has 1 aliphatic carbocycles. The van der Waals surface area contributed by atoms with E-state index in [4.69, 9.17) is 9.84 Å². The summed E-state index contributed by atoms with van der Waals surface area (Å²) < 4.78 is 31.4. The molecule has 6 nitrogen and oxygen atoms in total. The highest BCUT2D eigenvalue weighted by atomic mass is 32.2. The first-order chi connectivity index (χ1) is 8.95. The standard InChI is InChI=1S/C12H21NO5S/c1-2-5-13(19(16,17)8-9-3-4-9)11-7-18-6-10(11)12(14)15/h9-11H,2-8H2,1H3,(H,14,15). The van der Waals surface area contributed by atoms with Crippen LogP contribution in [0.1, 0.15) is 26.2 Å². The monoisotopic (exact) mass is 291 g/mol. The summed E-state index contributed by atoms with van der Waals surface area (Å²) >= 11 is 0. The highest BCUT2D eigenvalue weighted by Gasteiger charge is 2.43. The van der Waals surface area contributed by atoms with E-state index in [1.807, 2.05) is 6.92 Å². The molecule has 1 saturated carbocycles. The quantitative estimate of drug-likeness (QED) is 0.740. The Bertz CT molecular complexity index is 431. The molecule has 0 bridgehead atoms. The number of rotatable bonds is 7. The first-order valence-corrected chi connectivity index (χ1v) is 8.36. The molecule has 0 aromatic rings. The lowest BCUT2D eigenvalue weighted by Crippen LogP contribution is -2.47. The van der Waals surface area contributed by atoms with Crippen LogP contribution in [0.5, 0.6) is 0 Å². The van der Waals surface area contributed by atoms with E-state index in [2.05, 4.69) is 0 Å². The van der Waals surface area contributed by atoms with Gasteiger partial charge in [0.2, 0.25) is 10.0 Å². The number of nitrogens with zero attached hydrogens (tertiary/aromatic N) is 1. The fourth-order valence-electron chi connectivity index (χ4n) is 2.47. The van der Waals surface area contributed by atoms with Gasteiger partial charge in [-0.1, -0.05) is 6.92 Å². The summed E-state index contributed by atoms with van der Waals surface area (Å²) in [5, 5.41) is 9.16. The lowest BCUT2D eigenvalue weighted by molar-refractivity contribution is -0.142.